The minimum atomic E-state index is -3.32. The molecule has 0 aliphatic rings. The van der Waals surface area contributed by atoms with Gasteiger partial charge in [0.15, 0.2) is 0 Å². The fourth-order valence-electron chi connectivity index (χ4n) is 1.47. The van der Waals surface area contributed by atoms with Crippen LogP contribution in [0.5, 0.6) is 0 Å². The Balaban J connectivity index is 3.36. The Morgan fingerprint density at radius 1 is 1.20 bits per heavy atom. The van der Waals surface area contributed by atoms with Gasteiger partial charge in [-0.2, -0.15) is 0 Å². The first-order valence-electron chi connectivity index (χ1n) is 5.10. The molecule has 0 amide bonds. The average Bonchev–Trinajstić information content (AvgIpc) is 2.28. The highest BCUT2D eigenvalue weighted by Crippen LogP contribution is 2.18. The Morgan fingerprint density at radius 3 is 2.33 bits per heavy atom. The van der Waals surface area contributed by atoms with Gasteiger partial charge in [-0.25, -0.2) is 13.1 Å². The van der Waals surface area contributed by atoms with E-state index in [0.717, 1.165) is 24.0 Å². The molecule has 1 N–H and O–H groups in total. The monoisotopic (exact) mass is 227 g/mol. The van der Waals surface area contributed by atoms with Crippen molar-refractivity contribution in [1.82, 2.24) is 4.72 Å². The van der Waals surface area contributed by atoms with Crippen molar-refractivity contribution in [2.45, 2.75) is 31.6 Å². The summed E-state index contributed by atoms with van der Waals surface area (Å²) in [5.74, 6) is 0. The summed E-state index contributed by atoms with van der Waals surface area (Å²) < 4.78 is 25.8. The summed E-state index contributed by atoms with van der Waals surface area (Å²) >= 11 is 0. The van der Waals surface area contributed by atoms with Crippen molar-refractivity contribution < 1.29 is 8.42 Å². The van der Waals surface area contributed by atoms with Crippen molar-refractivity contribution in [2.24, 2.45) is 0 Å². The van der Waals surface area contributed by atoms with Crippen LogP contribution in [-0.2, 0) is 22.9 Å². The molecule has 0 radical (unpaired) electrons. The van der Waals surface area contributed by atoms with E-state index < -0.39 is 10.0 Å². The zero-order chi connectivity index (χ0) is 11.5. The highest BCUT2D eigenvalue weighted by atomic mass is 32.2. The molecule has 0 aromatic heterocycles. The lowest BCUT2D eigenvalue weighted by molar-refractivity contribution is 0.587. The summed E-state index contributed by atoms with van der Waals surface area (Å²) in [6.45, 7) is 3.96. The van der Waals surface area contributed by atoms with Crippen molar-refractivity contribution >= 4 is 10.0 Å². The number of aryl methyl sites for hydroxylation is 2. The molecule has 0 saturated carbocycles. The Hall–Kier alpha value is -0.870. The van der Waals surface area contributed by atoms with E-state index in [1.165, 1.54) is 7.05 Å². The molecule has 0 atom stereocenters. The molecule has 0 aliphatic heterocycles. The van der Waals surface area contributed by atoms with Crippen LogP contribution in [-0.4, -0.2) is 15.5 Å². The molecule has 1 aromatic rings. The number of rotatable bonds is 4. The minimum Gasteiger partial charge on any atom is -0.214 e. The maximum Gasteiger partial charge on any atom is 0.240 e. The van der Waals surface area contributed by atoms with Gasteiger partial charge in [-0.3, -0.25) is 0 Å². The molecular weight excluding hydrogens is 210 g/mol. The molecule has 3 nitrogen and oxygen atoms in total. The van der Waals surface area contributed by atoms with Crippen LogP contribution in [0.25, 0.3) is 0 Å². The zero-order valence-corrected chi connectivity index (χ0v) is 10.2. The van der Waals surface area contributed by atoms with Crippen LogP contribution in [0.3, 0.4) is 0 Å². The van der Waals surface area contributed by atoms with E-state index in [2.05, 4.69) is 4.72 Å². The molecule has 1 aromatic carbocycles. The van der Waals surface area contributed by atoms with Crippen LogP contribution < -0.4 is 4.72 Å². The molecule has 15 heavy (non-hydrogen) atoms. The van der Waals surface area contributed by atoms with E-state index in [9.17, 15) is 8.42 Å². The molecule has 0 saturated heterocycles. The van der Waals surface area contributed by atoms with Crippen molar-refractivity contribution in [3.8, 4) is 0 Å². The van der Waals surface area contributed by atoms with E-state index in [-0.39, 0.29) is 0 Å². The lowest BCUT2D eigenvalue weighted by Gasteiger charge is -2.09. The largest absolute Gasteiger partial charge is 0.240 e. The van der Waals surface area contributed by atoms with Crippen LogP contribution in [0, 0.1) is 0 Å². The van der Waals surface area contributed by atoms with Gasteiger partial charge in [-0.05, 0) is 37.1 Å². The van der Waals surface area contributed by atoms with E-state index in [0.29, 0.717) is 4.90 Å². The molecule has 1 rings (SSSR count). The second-order valence-electron chi connectivity index (χ2n) is 3.36. The Labute approximate surface area is 91.6 Å². The third kappa shape index (κ3) is 2.58. The molecule has 4 heteroatoms. The summed E-state index contributed by atoms with van der Waals surface area (Å²) in [7, 11) is -1.89. The van der Waals surface area contributed by atoms with Crippen molar-refractivity contribution in [3.05, 3.63) is 29.3 Å². The second-order valence-corrected chi connectivity index (χ2v) is 5.21. The van der Waals surface area contributed by atoms with Gasteiger partial charge in [0, 0.05) is 0 Å². The maximum atomic E-state index is 11.7. The third-order valence-corrected chi connectivity index (χ3v) is 3.98. The van der Waals surface area contributed by atoms with Gasteiger partial charge >= 0.3 is 0 Å². The first kappa shape index (κ1) is 12.2. The molecule has 0 aliphatic carbocycles. The van der Waals surface area contributed by atoms with Gasteiger partial charge in [-0.15, -0.1) is 0 Å². The fourth-order valence-corrected chi connectivity index (χ4v) is 2.56. The topological polar surface area (TPSA) is 46.2 Å². The molecule has 0 spiro atoms. The average molecular weight is 227 g/mol. The second kappa shape index (κ2) is 4.77. The van der Waals surface area contributed by atoms with E-state index in [1.54, 1.807) is 6.07 Å². The number of sulfonamides is 1. The summed E-state index contributed by atoms with van der Waals surface area (Å²) in [4.78, 5) is 0.409. The van der Waals surface area contributed by atoms with Crippen molar-refractivity contribution in [2.75, 3.05) is 7.05 Å². The molecule has 0 unspecified atom stereocenters. The SMILES string of the molecule is CCc1ccc(CC)c(S(=O)(=O)NC)c1. The first-order valence-corrected chi connectivity index (χ1v) is 6.58. The summed E-state index contributed by atoms with van der Waals surface area (Å²) in [5.41, 5.74) is 1.91. The van der Waals surface area contributed by atoms with Crippen LogP contribution in [0.15, 0.2) is 23.1 Å². The van der Waals surface area contributed by atoms with Crippen LogP contribution in [0.2, 0.25) is 0 Å². The predicted octanol–water partition coefficient (Wildman–Crippen LogP) is 1.72. The Bertz CT molecular complexity index is 438. The van der Waals surface area contributed by atoms with Gasteiger partial charge in [-0.1, -0.05) is 26.0 Å². The van der Waals surface area contributed by atoms with Crippen molar-refractivity contribution in [1.29, 1.82) is 0 Å². The maximum absolute atomic E-state index is 11.7. The van der Waals surface area contributed by atoms with E-state index in [1.807, 2.05) is 26.0 Å². The fraction of sp³-hybridized carbons (Fsp3) is 0.455. The van der Waals surface area contributed by atoms with Crippen LogP contribution in [0.4, 0.5) is 0 Å². The van der Waals surface area contributed by atoms with Gasteiger partial charge in [0.25, 0.3) is 0 Å². The van der Waals surface area contributed by atoms with Gasteiger partial charge in [0.1, 0.15) is 0 Å². The number of hydrogen-bond acceptors (Lipinski definition) is 2. The van der Waals surface area contributed by atoms with E-state index >= 15 is 0 Å². The van der Waals surface area contributed by atoms with E-state index in [4.69, 9.17) is 0 Å². The number of hydrogen-bond donors (Lipinski definition) is 1. The number of nitrogens with one attached hydrogen (secondary N) is 1. The van der Waals surface area contributed by atoms with Gasteiger partial charge in [0.05, 0.1) is 4.90 Å². The third-order valence-electron chi connectivity index (χ3n) is 2.48. The standard InChI is InChI=1S/C11H17NO2S/c1-4-9-6-7-10(5-2)11(8-9)15(13,14)12-3/h6-8,12H,4-5H2,1-3H3. The summed E-state index contributed by atoms with van der Waals surface area (Å²) in [6, 6.07) is 5.63. The predicted molar refractivity (Wildman–Crippen MR) is 61.4 cm³/mol. The lowest BCUT2D eigenvalue weighted by Crippen LogP contribution is -2.20. The number of benzene rings is 1. The highest BCUT2D eigenvalue weighted by molar-refractivity contribution is 7.89. The molecule has 84 valence electrons. The van der Waals surface area contributed by atoms with Gasteiger partial charge in [0.2, 0.25) is 10.0 Å². The highest BCUT2D eigenvalue weighted by Gasteiger charge is 2.15. The molecular formula is C11H17NO2S. The molecule has 0 fully saturated rings. The zero-order valence-electron chi connectivity index (χ0n) is 9.37. The first-order chi connectivity index (χ1) is 7.05. The normalized spacial score (nSPS) is 11.7. The van der Waals surface area contributed by atoms with Crippen LogP contribution in [0.1, 0.15) is 25.0 Å². The van der Waals surface area contributed by atoms with Crippen molar-refractivity contribution in [3.63, 3.8) is 0 Å². The van der Waals surface area contributed by atoms with Crippen LogP contribution >= 0.6 is 0 Å². The smallest absolute Gasteiger partial charge is 0.214 e. The molecule has 0 heterocycles. The Morgan fingerprint density at radius 2 is 1.87 bits per heavy atom. The molecule has 0 bridgehead atoms. The summed E-state index contributed by atoms with van der Waals surface area (Å²) in [5, 5.41) is 0. The lowest BCUT2D eigenvalue weighted by atomic mass is 10.1. The van der Waals surface area contributed by atoms with Gasteiger partial charge < -0.3 is 0 Å². The quantitative estimate of drug-likeness (QED) is 0.851. The Kier molecular flexibility index (Phi) is 3.88. The summed E-state index contributed by atoms with van der Waals surface area (Å²) in [6.07, 6.45) is 1.57. The minimum absolute atomic E-state index is 0.409.